The van der Waals surface area contributed by atoms with Gasteiger partial charge in [0.05, 0.1) is 25.1 Å². The minimum atomic E-state index is -1.06. The lowest BCUT2D eigenvalue weighted by Crippen LogP contribution is -2.47. The highest BCUT2D eigenvalue weighted by Gasteiger charge is 2.36. The van der Waals surface area contributed by atoms with Gasteiger partial charge in [-0.1, -0.05) is 175 Å². The van der Waals surface area contributed by atoms with Crippen molar-refractivity contribution in [3.63, 3.8) is 0 Å². The van der Waals surface area contributed by atoms with Crippen molar-refractivity contribution >= 4 is 29.7 Å². The van der Waals surface area contributed by atoms with Crippen LogP contribution in [-0.2, 0) is 28.6 Å². The van der Waals surface area contributed by atoms with Crippen molar-refractivity contribution in [2.75, 3.05) is 59.1 Å². The third-order valence-corrected chi connectivity index (χ3v) is 13.0. The number of ether oxygens (including phenoxy) is 3. The molecule has 0 radical (unpaired) electrons. The van der Waals surface area contributed by atoms with E-state index in [-0.39, 0.29) is 25.6 Å². The van der Waals surface area contributed by atoms with Crippen molar-refractivity contribution in [1.82, 2.24) is 9.80 Å². The molecule has 1 aliphatic rings. The van der Waals surface area contributed by atoms with Crippen molar-refractivity contribution in [3.8, 4) is 0 Å². The second-order valence-electron chi connectivity index (χ2n) is 17.0. The molecule has 1 saturated heterocycles. The number of carbonyl (C=O) groups excluding carboxylic acids is 3. The normalized spacial score (nSPS) is 15.3. The molecule has 9 nitrogen and oxygen atoms in total. The van der Waals surface area contributed by atoms with Crippen LogP contribution < -0.4 is 0 Å². The minimum absolute atomic E-state index is 0.172. The molecular formula is C48H92N2O7S. The molecule has 3 unspecified atom stereocenters. The molecular weight excluding hydrogens is 749 g/mol. The maximum absolute atomic E-state index is 13.4. The summed E-state index contributed by atoms with van der Waals surface area (Å²) in [5, 5.41) is 8.34. The van der Waals surface area contributed by atoms with Crippen molar-refractivity contribution in [1.29, 1.82) is 0 Å². The Morgan fingerprint density at radius 3 is 1.43 bits per heavy atom. The fraction of sp³-hybridized carbons (Fsp3) is 0.938. The maximum atomic E-state index is 13.4. The molecule has 0 aliphatic carbocycles. The van der Waals surface area contributed by atoms with Crippen LogP contribution in [-0.4, -0.2) is 109 Å². The minimum Gasteiger partial charge on any atom is -0.465 e. The van der Waals surface area contributed by atoms with Gasteiger partial charge in [0.15, 0.2) is 0 Å². The summed E-state index contributed by atoms with van der Waals surface area (Å²) in [7, 11) is 0. The van der Waals surface area contributed by atoms with Crippen LogP contribution in [0.5, 0.6) is 0 Å². The summed E-state index contributed by atoms with van der Waals surface area (Å²) >= 11 is 1.39. The summed E-state index contributed by atoms with van der Waals surface area (Å²) in [6.45, 7) is 14.3. The first-order valence-corrected chi connectivity index (χ1v) is 25.5. The number of carbonyl (C=O) groups is 3. The van der Waals surface area contributed by atoms with E-state index < -0.39 is 28.5 Å². The highest BCUT2D eigenvalue weighted by Crippen LogP contribution is 2.30. The first-order valence-electron chi connectivity index (χ1n) is 24.6. The summed E-state index contributed by atoms with van der Waals surface area (Å²) in [5.41, 5.74) is 0. The Morgan fingerprint density at radius 2 is 0.966 bits per heavy atom. The topological polar surface area (TPSA) is 106 Å². The summed E-state index contributed by atoms with van der Waals surface area (Å²) in [5.74, 6) is -1.19. The van der Waals surface area contributed by atoms with Crippen LogP contribution in [0.2, 0.25) is 0 Å². The first-order chi connectivity index (χ1) is 28.4. The van der Waals surface area contributed by atoms with E-state index in [4.69, 9.17) is 14.2 Å². The van der Waals surface area contributed by atoms with E-state index in [2.05, 4.69) is 23.6 Å². The smallest absolute Gasteiger partial charge is 0.348 e. The Kier molecular flexibility index (Phi) is 37.5. The molecule has 0 spiro atoms. The highest BCUT2D eigenvalue weighted by molar-refractivity contribution is 8.01. The van der Waals surface area contributed by atoms with Gasteiger partial charge < -0.3 is 24.2 Å². The summed E-state index contributed by atoms with van der Waals surface area (Å²) in [6.07, 6.45) is 32.8. The van der Waals surface area contributed by atoms with E-state index >= 15 is 0 Å². The Hall–Kier alpha value is -1.36. The third kappa shape index (κ3) is 30.6. The van der Waals surface area contributed by atoms with Crippen LogP contribution in [0.3, 0.4) is 0 Å². The fourth-order valence-corrected chi connectivity index (χ4v) is 9.11. The molecule has 1 aliphatic heterocycles. The number of esters is 3. The van der Waals surface area contributed by atoms with Crippen LogP contribution in [0.1, 0.15) is 214 Å². The average Bonchev–Trinajstić information content (AvgIpc) is 3.22. The largest absolute Gasteiger partial charge is 0.465 e. The molecule has 3 atom stereocenters. The van der Waals surface area contributed by atoms with Gasteiger partial charge >= 0.3 is 17.9 Å². The fourth-order valence-electron chi connectivity index (χ4n) is 7.79. The molecule has 0 amide bonds. The third-order valence-electron chi connectivity index (χ3n) is 11.6. The summed E-state index contributed by atoms with van der Waals surface area (Å²) in [6, 6.07) is 0. The van der Waals surface area contributed by atoms with Crippen LogP contribution in [0.25, 0.3) is 0 Å². The quantitative estimate of drug-likeness (QED) is 0.0363. The van der Waals surface area contributed by atoms with Gasteiger partial charge in [-0.3, -0.25) is 14.5 Å². The van der Waals surface area contributed by atoms with Crippen LogP contribution in [0.4, 0.5) is 0 Å². The molecule has 1 rings (SSSR count). The molecule has 342 valence electrons. The molecule has 0 aromatic rings. The Morgan fingerprint density at radius 1 is 0.534 bits per heavy atom. The van der Waals surface area contributed by atoms with Crippen LogP contribution in [0, 0.1) is 0 Å². The van der Waals surface area contributed by atoms with E-state index in [0.29, 0.717) is 32.4 Å². The van der Waals surface area contributed by atoms with E-state index in [1.165, 1.54) is 140 Å². The molecule has 0 aromatic heterocycles. The number of thioether (sulfide) groups is 1. The number of β-amino-alcohol motifs (C(OH)–C–C–N with tert-alkyl or cyclic N) is 1. The second kappa shape index (κ2) is 39.8. The van der Waals surface area contributed by atoms with Gasteiger partial charge in [-0.15, -0.1) is 11.8 Å². The highest BCUT2D eigenvalue weighted by atomic mass is 32.2. The van der Waals surface area contributed by atoms with Gasteiger partial charge in [-0.25, -0.2) is 4.79 Å². The standard InChI is InChI=1S/C48H92N2O7S/c1-5-8-10-12-14-15-16-17-18-19-20-21-22-23-24-26-28-30-42-56-47(53)43(4)58-44(32-29-27-25-13-11-9-6-2)46(48(54)55-41-7-3)57-45(52)33-31-34-49-35-37-50(38-36-49)39-40-51/h43-44,46,51H,5-42H2,1-4H3. The summed E-state index contributed by atoms with van der Waals surface area (Å²) < 4.78 is 17.3. The lowest BCUT2D eigenvalue weighted by Gasteiger charge is -2.34. The average molecular weight is 841 g/mol. The van der Waals surface area contributed by atoms with Crippen molar-refractivity contribution in [2.24, 2.45) is 0 Å². The zero-order valence-electron chi connectivity index (χ0n) is 38.3. The van der Waals surface area contributed by atoms with Gasteiger partial charge in [-0.05, 0) is 39.2 Å². The maximum Gasteiger partial charge on any atom is 0.348 e. The number of hydrogen-bond donors (Lipinski definition) is 1. The molecule has 0 saturated carbocycles. The van der Waals surface area contributed by atoms with Gasteiger partial charge in [0.25, 0.3) is 0 Å². The number of nitrogens with zero attached hydrogens (tertiary/aromatic N) is 2. The van der Waals surface area contributed by atoms with Gasteiger partial charge in [0.1, 0.15) is 5.25 Å². The predicted molar refractivity (Wildman–Crippen MR) is 244 cm³/mol. The van der Waals surface area contributed by atoms with E-state index in [1.54, 1.807) is 0 Å². The first kappa shape index (κ1) is 54.7. The molecule has 0 bridgehead atoms. The Bertz CT molecular complexity index is 964. The molecule has 58 heavy (non-hydrogen) atoms. The summed E-state index contributed by atoms with van der Waals surface area (Å²) in [4.78, 5) is 44.4. The van der Waals surface area contributed by atoms with Crippen LogP contribution in [0.15, 0.2) is 0 Å². The zero-order valence-corrected chi connectivity index (χ0v) is 39.1. The molecule has 1 heterocycles. The van der Waals surface area contributed by atoms with E-state index in [0.717, 1.165) is 64.8 Å². The van der Waals surface area contributed by atoms with Gasteiger partial charge in [0.2, 0.25) is 6.10 Å². The van der Waals surface area contributed by atoms with Gasteiger partial charge in [0, 0.05) is 39.1 Å². The van der Waals surface area contributed by atoms with Crippen molar-refractivity contribution in [3.05, 3.63) is 0 Å². The SMILES string of the molecule is CCCCCCCCCCCCCCCCCCCCOC(=O)C(C)SC(CCCCCCCCC)C(OC(=O)CCCN1CCN(CCO)CC1)C(=O)OCCC. The lowest BCUT2D eigenvalue weighted by atomic mass is 10.0. The molecule has 0 aromatic carbocycles. The second-order valence-corrected chi connectivity index (χ2v) is 18.6. The molecule has 10 heteroatoms. The predicted octanol–water partition coefficient (Wildman–Crippen LogP) is 11.5. The number of aliphatic hydroxyl groups is 1. The van der Waals surface area contributed by atoms with E-state index in [9.17, 15) is 19.5 Å². The number of hydrogen-bond acceptors (Lipinski definition) is 10. The van der Waals surface area contributed by atoms with E-state index in [1.807, 2.05) is 13.8 Å². The molecule has 1 fully saturated rings. The van der Waals surface area contributed by atoms with Gasteiger partial charge in [-0.2, -0.15) is 0 Å². The van der Waals surface area contributed by atoms with Crippen molar-refractivity contribution < 1.29 is 33.7 Å². The lowest BCUT2D eigenvalue weighted by molar-refractivity contribution is -0.168. The van der Waals surface area contributed by atoms with Crippen molar-refractivity contribution in [2.45, 2.75) is 231 Å². The Balaban J connectivity index is 2.49. The number of unbranched alkanes of at least 4 members (excludes halogenated alkanes) is 23. The monoisotopic (exact) mass is 841 g/mol. The number of rotatable bonds is 41. The molecule has 1 N–H and O–H groups in total. The number of piperazine rings is 1. The Labute approximate surface area is 361 Å². The zero-order chi connectivity index (χ0) is 42.3. The van der Waals surface area contributed by atoms with Crippen LogP contribution >= 0.6 is 11.8 Å². The number of aliphatic hydroxyl groups excluding tert-OH is 1.